The molecule has 1 aromatic rings. The first-order chi connectivity index (χ1) is 11.2. The second-order valence-corrected chi connectivity index (χ2v) is 7.56. The lowest BCUT2D eigenvalue weighted by Gasteiger charge is -2.36. The van der Waals surface area contributed by atoms with Gasteiger partial charge in [0.2, 0.25) is 0 Å². The molecule has 4 atom stereocenters. The minimum absolute atomic E-state index is 0.400. The largest absolute Gasteiger partial charge is 0.375 e. The van der Waals surface area contributed by atoms with Crippen LogP contribution in [0.3, 0.4) is 0 Å². The van der Waals surface area contributed by atoms with Crippen LogP contribution in [0.25, 0.3) is 0 Å². The van der Waals surface area contributed by atoms with Crippen LogP contribution in [0.15, 0.2) is 30.3 Å². The van der Waals surface area contributed by atoms with E-state index >= 15 is 0 Å². The molecule has 1 unspecified atom stereocenters. The Balaban J connectivity index is 1.43. The summed E-state index contributed by atoms with van der Waals surface area (Å²) in [6.07, 6.45) is 5.82. The Bertz CT molecular complexity index is 454. The van der Waals surface area contributed by atoms with E-state index in [1.807, 2.05) is 0 Å². The van der Waals surface area contributed by atoms with Gasteiger partial charge in [-0.3, -0.25) is 4.90 Å². The molecule has 23 heavy (non-hydrogen) atoms. The average Bonchev–Trinajstić information content (AvgIpc) is 2.53. The van der Waals surface area contributed by atoms with Gasteiger partial charge >= 0.3 is 0 Å². The minimum Gasteiger partial charge on any atom is -0.375 e. The van der Waals surface area contributed by atoms with E-state index in [4.69, 9.17) is 4.74 Å². The van der Waals surface area contributed by atoms with Crippen molar-refractivity contribution in [1.82, 2.24) is 10.2 Å². The maximum absolute atomic E-state index is 5.84. The van der Waals surface area contributed by atoms with Gasteiger partial charge in [0.15, 0.2) is 0 Å². The fourth-order valence-electron chi connectivity index (χ4n) is 4.21. The molecule has 2 saturated heterocycles. The van der Waals surface area contributed by atoms with E-state index in [9.17, 15) is 0 Å². The van der Waals surface area contributed by atoms with E-state index in [1.165, 1.54) is 31.5 Å². The number of likely N-dealkylation sites (tertiary alicyclic amines) is 1. The van der Waals surface area contributed by atoms with Crippen molar-refractivity contribution in [3.63, 3.8) is 0 Å². The second kappa shape index (κ2) is 8.27. The highest BCUT2D eigenvalue weighted by atomic mass is 16.5. The summed E-state index contributed by atoms with van der Waals surface area (Å²) in [6.45, 7) is 9.14. The number of rotatable bonds is 5. The minimum atomic E-state index is 0.400. The van der Waals surface area contributed by atoms with Crippen LogP contribution in [0.1, 0.15) is 45.1 Å². The third-order valence-corrected chi connectivity index (χ3v) is 5.24. The summed E-state index contributed by atoms with van der Waals surface area (Å²) in [5, 5.41) is 3.83. The SMILES string of the molecule is C[C@@H]1CC(NC[C@H]2CCCN(Cc3ccccc3)C2)C[C@H](C)O1. The molecule has 128 valence electrons. The third-order valence-electron chi connectivity index (χ3n) is 5.24. The first-order valence-electron chi connectivity index (χ1n) is 9.34. The van der Waals surface area contributed by atoms with Crippen LogP contribution in [-0.2, 0) is 11.3 Å². The van der Waals surface area contributed by atoms with Crippen molar-refractivity contribution in [3.8, 4) is 0 Å². The maximum atomic E-state index is 5.84. The van der Waals surface area contributed by atoms with E-state index < -0.39 is 0 Å². The highest BCUT2D eigenvalue weighted by Crippen LogP contribution is 2.21. The quantitative estimate of drug-likeness (QED) is 0.900. The molecule has 2 fully saturated rings. The molecule has 2 heterocycles. The molecule has 0 radical (unpaired) electrons. The van der Waals surface area contributed by atoms with E-state index in [1.54, 1.807) is 0 Å². The van der Waals surface area contributed by atoms with Crippen molar-refractivity contribution in [1.29, 1.82) is 0 Å². The number of hydrogen-bond donors (Lipinski definition) is 1. The fourth-order valence-corrected chi connectivity index (χ4v) is 4.21. The summed E-state index contributed by atoms with van der Waals surface area (Å²) >= 11 is 0. The molecule has 3 rings (SSSR count). The van der Waals surface area contributed by atoms with Crippen LogP contribution >= 0.6 is 0 Å². The van der Waals surface area contributed by atoms with Crippen molar-refractivity contribution in [2.75, 3.05) is 19.6 Å². The Kier molecular flexibility index (Phi) is 6.09. The Morgan fingerprint density at radius 3 is 2.61 bits per heavy atom. The number of hydrogen-bond acceptors (Lipinski definition) is 3. The molecule has 2 aliphatic heterocycles. The normalized spacial score (nSPS) is 32.8. The van der Waals surface area contributed by atoms with Gasteiger partial charge in [0.1, 0.15) is 0 Å². The third kappa shape index (κ3) is 5.30. The van der Waals surface area contributed by atoms with Gasteiger partial charge in [0.05, 0.1) is 12.2 Å². The summed E-state index contributed by atoms with van der Waals surface area (Å²) in [4.78, 5) is 2.63. The monoisotopic (exact) mass is 316 g/mol. The summed E-state index contributed by atoms with van der Waals surface area (Å²) in [6, 6.07) is 11.5. The first-order valence-corrected chi connectivity index (χ1v) is 9.34. The molecule has 3 heteroatoms. The van der Waals surface area contributed by atoms with Gasteiger partial charge in [-0.1, -0.05) is 30.3 Å². The highest BCUT2D eigenvalue weighted by Gasteiger charge is 2.26. The molecule has 0 aromatic heterocycles. The van der Waals surface area contributed by atoms with Gasteiger partial charge in [-0.15, -0.1) is 0 Å². The van der Waals surface area contributed by atoms with Crippen LogP contribution in [0, 0.1) is 5.92 Å². The summed E-state index contributed by atoms with van der Waals surface area (Å²) in [5.41, 5.74) is 1.44. The average molecular weight is 316 g/mol. The van der Waals surface area contributed by atoms with Crippen LogP contribution in [0.5, 0.6) is 0 Å². The lowest BCUT2D eigenvalue weighted by Crippen LogP contribution is -2.45. The zero-order chi connectivity index (χ0) is 16.1. The zero-order valence-corrected chi connectivity index (χ0v) is 14.7. The van der Waals surface area contributed by atoms with Crippen LogP contribution in [0.4, 0.5) is 0 Å². The van der Waals surface area contributed by atoms with Crippen molar-refractivity contribution in [2.45, 2.75) is 64.3 Å². The molecule has 1 N–H and O–H groups in total. The molecule has 0 bridgehead atoms. The van der Waals surface area contributed by atoms with Crippen LogP contribution < -0.4 is 5.32 Å². The van der Waals surface area contributed by atoms with Gasteiger partial charge in [0.25, 0.3) is 0 Å². The molecule has 0 aliphatic carbocycles. The first kappa shape index (κ1) is 16.9. The molecule has 0 spiro atoms. The van der Waals surface area contributed by atoms with Crippen molar-refractivity contribution in [3.05, 3.63) is 35.9 Å². The molecule has 3 nitrogen and oxygen atoms in total. The Hall–Kier alpha value is -0.900. The number of piperidine rings is 1. The van der Waals surface area contributed by atoms with Gasteiger partial charge in [0, 0.05) is 19.1 Å². The Labute approximate surface area is 141 Å². The summed E-state index contributed by atoms with van der Waals surface area (Å²) in [7, 11) is 0. The Morgan fingerprint density at radius 1 is 1.13 bits per heavy atom. The van der Waals surface area contributed by atoms with E-state index in [0.29, 0.717) is 18.2 Å². The van der Waals surface area contributed by atoms with Gasteiger partial charge in [-0.25, -0.2) is 0 Å². The van der Waals surface area contributed by atoms with E-state index in [-0.39, 0.29) is 0 Å². The standard InChI is InChI=1S/C20H32N2O/c1-16-11-20(12-17(2)23-16)21-13-19-9-6-10-22(15-19)14-18-7-4-3-5-8-18/h3-5,7-8,16-17,19-21H,6,9-15H2,1-2H3/t16-,17+,19-,20?/m1/s1. The van der Waals surface area contributed by atoms with Gasteiger partial charge in [-0.05, 0) is 64.1 Å². The maximum Gasteiger partial charge on any atom is 0.0565 e. The van der Waals surface area contributed by atoms with Crippen molar-refractivity contribution < 1.29 is 4.74 Å². The fraction of sp³-hybridized carbons (Fsp3) is 0.700. The molecule has 1 aromatic carbocycles. The lowest BCUT2D eigenvalue weighted by atomic mass is 9.95. The molecular formula is C20H32N2O. The van der Waals surface area contributed by atoms with Gasteiger partial charge in [-0.2, -0.15) is 0 Å². The number of ether oxygens (including phenoxy) is 1. The number of nitrogens with zero attached hydrogens (tertiary/aromatic N) is 1. The van der Waals surface area contributed by atoms with Crippen molar-refractivity contribution in [2.24, 2.45) is 5.92 Å². The highest BCUT2D eigenvalue weighted by molar-refractivity contribution is 5.14. The predicted octanol–water partition coefficient (Wildman–Crippen LogP) is 3.44. The smallest absolute Gasteiger partial charge is 0.0565 e. The second-order valence-electron chi connectivity index (χ2n) is 7.56. The van der Waals surface area contributed by atoms with Gasteiger partial charge < -0.3 is 10.1 Å². The lowest BCUT2D eigenvalue weighted by molar-refractivity contribution is -0.0428. The summed E-state index contributed by atoms with van der Waals surface area (Å²) < 4.78 is 5.84. The molecule has 0 amide bonds. The molecular weight excluding hydrogens is 284 g/mol. The van der Waals surface area contributed by atoms with Crippen LogP contribution in [0.2, 0.25) is 0 Å². The van der Waals surface area contributed by atoms with E-state index in [0.717, 1.165) is 31.8 Å². The molecule has 2 aliphatic rings. The zero-order valence-electron chi connectivity index (χ0n) is 14.7. The Morgan fingerprint density at radius 2 is 1.87 bits per heavy atom. The molecule has 0 saturated carbocycles. The van der Waals surface area contributed by atoms with E-state index in [2.05, 4.69) is 54.4 Å². The number of benzene rings is 1. The summed E-state index contributed by atoms with van der Waals surface area (Å²) in [5.74, 6) is 0.793. The van der Waals surface area contributed by atoms with Crippen LogP contribution in [-0.4, -0.2) is 42.8 Å². The van der Waals surface area contributed by atoms with Crippen molar-refractivity contribution >= 4 is 0 Å². The predicted molar refractivity (Wildman–Crippen MR) is 95.5 cm³/mol. The topological polar surface area (TPSA) is 24.5 Å². The number of nitrogens with one attached hydrogen (secondary N) is 1.